The maximum Gasteiger partial charge on any atom is 0.0488 e. The number of rotatable bonds is 10. The van der Waals surface area contributed by atoms with Gasteiger partial charge in [-0.1, -0.05) is 65.7 Å². The van der Waals surface area contributed by atoms with Crippen molar-refractivity contribution in [2.24, 2.45) is 0 Å². The van der Waals surface area contributed by atoms with E-state index in [1.165, 1.54) is 62.5 Å². The molecule has 0 aromatic carbocycles. The average molecular weight is 337 g/mol. The largest absolute Gasteiger partial charge is 0.139 e. The van der Waals surface area contributed by atoms with E-state index < -0.39 is 0 Å². The standard InChI is InChI=1S/C20H32S2/c1-5-6-7-8-9-10-11-12-13-17-16(4)21-19-14-18(15(2)3)22-20(17)19/h14-15H,5-13H2,1-4H3. The number of fused-ring (bicyclic) bond motifs is 1. The zero-order valence-corrected chi connectivity index (χ0v) is 16.5. The van der Waals surface area contributed by atoms with Gasteiger partial charge in [0.25, 0.3) is 0 Å². The summed E-state index contributed by atoms with van der Waals surface area (Å²) < 4.78 is 3.12. The van der Waals surface area contributed by atoms with E-state index in [2.05, 4.69) is 33.8 Å². The Hall–Kier alpha value is -0.340. The van der Waals surface area contributed by atoms with Crippen molar-refractivity contribution in [1.29, 1.82) is 0 Å². The van der Waals surface area contributed by atoms with Gasteiger partial charge in [0.15, 0.2) is 0 Å². The minimum Gasteiger partial charge on any atom is -0.139 e. The number of unbranched alkanes of at least 4 members (excludes halogenated alkanes) is 7. The molecule has 0 spiro atoms. The SMILES string of the molecule is CCCCCCCCCCc1c(C)sc2cc(C(C)C)sc12. The maximum absolute atomic E-state index is 2.43. The predicted octanol–water partition coefficient (Wildman–Crippen LogP) is 8.08. The van der Waals surface area contributed by atoms with E-state index >= 15 is 0 Å². The zero-order valence-electron chi connectivity index (χ0n) is 14.8. The summed E-state index contributed by atoms with van der Waals surface area (Å²) >= 11 is 4.05. The summed E-state index contributed by atoms with van der Waals surface area (Å²) in [6.45, 7) is 9.21. The maximum atomic E-state index is 2.43. The molecule has 0 amide bonds. The molecule has 2 heterocycles. The van der Waals surface area contributed by atoms with Crippen LogP contribution in [0.25, 0.3) is 9.40 Å². The molecule has 0 N–H and O–H groups in total. The summed E-state index contributed by atoms with van der Waals surface area (Å²) in [6.07, 6.45) is 12.6. The average Bonchev–Trinajstić information content (AvgIpc) is 3.00. The molecule has 0 fully saturated rings. The highest BCUT2D eigenvalue weighted by atomic mass is 32.1. The summed E-state index contributed by atoms with van der Waals surface area (Å²) in [4.78, 5) is 3.11. The molecule has 0 atom stereocenters. The Morgan fingerprint density at radius 3 is 2.18 bits per heavy atom. The van der Waals surface area contributed by atoms with E-state index in [-0.39, 0.29) is 0 Å². The van der Waals surface area contributed by atoms with Crippen molar-refractivity contribution >= 4 is 32.1 Å². The van der Waals surface area contributed by atoms with Gasteiger partial charge in [0.05, 0.1) is 0 Å². The highest BCUT2D eigenvalue weighted by Crippen LogP contribution is 2.40. The lowest BCUT2D eigenvalue weighted by molar-refractivity contribution is 0.576. The zero-order chi connectivity index (χ0) is 15.9. The third-order valence-electron chi connectivity index (χ3n) is 4.53. The summed E-state index contributed by atoms with van der Waals surface area (Å²) in [5, 5.41) is 0. The highest BCUT2D eigenvalue weighted by Gasteiger charge is 2.13. The smallest absolute Gasteiger partial charge is 0.0488 e. The van der Waals surface area contributed by atoms with Gasteiger partial charge in [-0.05, 0) is 37.3 Å². The Kier molecular flexibility index (Phi) is 7.43. The lowest BCUT2D eigenvalue weighted by Crippen LogP contribution is -1.87. The van der Waals surface area contributed by atoms with Crippen molar-refractivity contribution in [3.8, 4) is 0 Å². The first kappa shape index (κ1) is 18.0. The Morgan fingerprint density at radius 1 is 0.909 bits per heavy atom. The van der Waals surface area contributed by atoms with Crippen molar-refractivity contribution < 1.29 is 0 Å². The molecule has 2 rings (SSSR count). The van der Waals surface area contributed by atoms with Crippen LogP contribution in [0.3, 0.4) is 0 Å². The molecule has 2 aromatic rings. The van der Waals surface area contributed by atoms with Crippen LogP contribution in [0.15, 0.2) is 6.07 Å². The van der Waals surface area contributed by atoms with Gasteiger partial charge in [-0.15, -0.1) is 22.7 Å². The van der Waals surface area contributed by atoms with Crippen molar-refractivity contribution in [1.82, 2.24) is 0 Å². The molecular formula is C20H32S2. The van der Waals surface area contributed by atoms with Crippen molar-refractivity contribution in [2.75, 3.05) is 0 Å². The molecule has 0 nitrogen and oxygen atoms in total. The summed E-state index contributed by atoms with van der Waals surface area (Å²) in [6, 6.07) is 2.43. The molecular weight excluding hydrogens is 304 g/mol. The predicted molar refractivity (Wildman–Crippen MR) is 105 cm³/mol. The lowest BCUT2D eigenvalue weighted by atomic mass is 10.0. The summed E-state index contributed by atoms with van der Waals surface area (Å²) in [7, 11) is 0. The van der Waals surface area contributed by atoms with E-state index in [0.717, 1.165) is 0 Å². The third-order valence-corrected chi connectivity index (χ3v) is 7.25. The first-order chi connectivity index (χ1) is 10.6. The van der Waals surface area contributed by atoms with Crippen LogP contribution < -0.4 is 0 Å². The van der Waals surface area contributed by atoms with Gasteiger partial charge in [0.1, 0.15) is 0 Å². The normalized spacial score (nSPS) is 11.9. The Morgan fingerprint density at radius 2 is 1.55 bits per heavy atom. The second-order valence-corrected chi connectivity index (χ2v) is 9.20. The van der Waals surface area contributed by atoms with Crippen LogP contribution in [0, 0.1) is 6.92 Å². The minimum absolute atomic E-state index is 0.667. The van der Waals surface area contributed by atoms with Crippen molar-refractivity contribution in [3.05, 3.63) is 21.4 Å². The fraction of sp³-hybridized carbons (Fsp3) is 0.700. The first-order valence-electron chi connectivity index (χ1n) is 9.15. The van der Waals surface area contributed by atoms with E-state index in [0.29, 0.717) is 5.92 Å². The molecule has 0 aliphatic rings. The van der Waals surface area contributed by atoms with Crippen LogP contribution in [-0.4, -0.2) is 0 Å². The number of hydrogen-bond donors (Lipinski definition) is 0. The van der Waals surface area contributed by atoms with Crippen molar-refractivity contribution in [2.45, 2.75) is 91.4 Å². The fourth-order valence-electron chi connectivity index (χ4n) is 3.07. The molecule has 0 saturated carbocycles. The first-order valence-corrected chi connectivity index (χ1v) is 10.8. The highest BCUT2D eigenvalue weighted by molar-refractivity contribution is 7.28. The molecule has 2 heteroatoms. The van der Waals surface area contributed by atoms with Gasteiger partial charge in [-0.25, -0.2) is 0 Å². The molecule has 0 radical (unpaired) electrons. The van der Waals surface area contributed by atoms with E-state index in [1.807, 2.05) is 22.7 Å². The van der Waals surface area contributed by atoms with E-state index in [9.17, 15) is 0 Å². The van der Waals surface area contributed by atoms with Gasteiger partial charge in [-0.2, -0.15) is 0 Å². The number of aryl methyl sites for hydroxylation is 2. The summed E-state index contributed by atoms with van der Waals surface area (Å²) in [5.74, 6) is 0.667. The number of thiophene rings is 2. The van der Waals surface area contributed by atoms with Gasteiger partial charge >= 0.3 is 0 Å². The van der Waals surface area contributed by atoms with Gasteiger partial charge in [0, 0.05) is 19.2 Å². The molecule has 0 saturated heterocycles. The van der Waals surface area contributed by atoms with Crippen LogP contribution in [0.5, 0.6) is 0 Å². The second kappa shape index (κ2) is 9.08. The van der Waals surface area contributed by atoms with Crippen LogP contribution in [0.2, 0.25) is 0 Å². The summed E-state index contributed by atoms with van der Waals surface area (Å²) in [5.41, 5.74) is 1.66. The van der Waals surface area contributed by atoms with Crippen molar-refractivity contribution in [3.63, 3.8) is 0 Å². The molecule has 0 aliphatic carbocycles. The lowest BCUT2D eigenvalue weighted by Gasteiger charge is -2.03. The molecule has 2 aromatic heterocycles. The molecule has 22 heavy (non-hydrogen) atoms. The fourth-order valence-corrected chi connectivity index (χ4v) is 5.71. The molecule has 0 unspecified atom stereocenters. The van der Waals surface area contributed by atoms with Gasteiger partial charge < -0.3 is 0 Å². The molecule has 124 valence electrons. The molecule has 0 aliphatic heterocycles. The van der Waals surface area contributed by atoms with Gasteiger partial charge in [-0.3, -0.25) is 0 Å². The van der Waals surface area contributed by atoms with Crippen LogP contribution >= 0.6 is 22.7 Å². The Bertz CT molecular complexity index is 560. The topological polar surface area (TPSA) is 0 Å². The van der Waals surface area contributed by atoms with Crippen LogP contribution in [-0.2, 0) is 6.42 Å². The van der Waals surface area contributed by atoms with Gasteiger partial charge in [0.2, 0.25) is 0 Å². The minimum atomic E-state index is 0.667. The quantitative estimate of drug-likeness (QED) is 0.385. The van der Waals surface area contributed by atoms with Crippen LogP contribution in [0.1, 0.15) is 93.4 Å². The second-order valence-electron chi connectivity index (χ2n) is 6.86. The van der Waals surface area contributed by atoms with Crippen LogP contribution in [0.4, 0.5) is 0 Å². The van der Waals surface area contributed by atoms with E-state index in [4.69, 9.17) is 0 Å². The third kappa shape index (κ3) is 4.83. The monoisotopic (exact) mass is 336 g/mol. The Labute approximate surface area is 145 Å². The Balaban J connectivity index is 1.80. The van der Waals surface area contributed by atoms with E-state index in [1.54, 1.807) is 20.0 Å². The molecule has 0 bridgehead atoms. The number of hydrogen-bond acceptors (Lipinski definition) is 2.